The van der Waals surface area contributed by atoms with Crippen molar-refractivity contribution in [2.24, 2.45) is 11.3 Å². The number of likely N-dealkylation sites (tertiary alicyclic amines) is 1. The second kappa shape index (κ2) is 7.65. The number of likely N-dealkylation sites (N-methyl/N-ethyl adjacent to an activating group) is 1. The maximum atomic E-state index is 13.1. The lowest BCUT2D eigenvalue weighted by Crippen LogP contribution is -2.50. The summed E-state index contributed by atoms with van der Waals surface area (Å²) in [5, 5.41) is 8.91. The molecule has 1 amide bonds. The first kappa shape index (κ1) is 18.2. The lowest BCUT2D eigenvalue weighted by Gasteiger charge is -2.41. The van der Waals surface area contributed by atoms with E-state index in [0.29, 0.717) is 11.8 Å². The molecule has 0 unspecified atom stereocenters. The molecule has 0 bridgehead atoms. The van der Waals surface area contributed by atoms with Crippen LogP contribution in [0.5, 0.6) is 0 Å². The summed E-state index contributed by atoms with van der Waals surface area (Å²) in [6.07, 6.45) is 7.21. The number of rotatable bonds is 6. The van der Waals surface area contributed by atoms with Gasteiger partial charge in [0.05, 0.1) is 6.54 Å². The van der Waals surface area contributed by atoms with Gasteiger partial charge in [-0.1, -0.05) is 26.7 Å². The Morgan fingerprint density at radius 2 is 1.78 bits per heavy atom. The number of carboxylic acid groups (broad SMARTS) is 1. The smallest absolute Gasteiger partial charge is 0.317 e. The van der Waals surface area contributed by atoms with Gasteiger partial charge in [-0.2, -0.15) is 0 Å². The van der Waals surface area contributed by atoms with Crippen molar-refractivity contribution >= 4 is 11.9 Å². The van der Waals surface area contributed by atoms with Gasteiger partial charge in [0.25, 0.3) is 0 Å². The van der Waals surface area contributed by atoms with E-state index in [2.05, 4.69) is 18.7 Å². The van der Waals surface area contributed by atoms with Gasteiger partial charge in [0.15, 0.2) is 0 Å². The molecule has 2 rings (SSSR count). The van der Waals surface area contributed by atoms with Crippen LogP contribution in [0.15, 0.2) is 0 Å². The number of hydrogen-bond donors (Lipinski definition) is 1. The molecule has 1 aliphatic carbocycles. The van der Waals surface area contributed by atoms with Crippen LogP contribution in [0, 0.1) is 11.3 Å². The Hall–Kier alpha value is -1.10. The van der Waals surface area contributed by atoms with Gasteiger partial charge in [0.2, 0.25) is 5.91 Å². The Morgan fingerprint density at radius 3 is 2.26 bits per heavy atom. The van der Waals surface area contributed by atoms with E-state index in [1.807, 2.05) is 11.9 Å². The van der Waals surface area contributed by atoms with Crippen molar-refractivity contribution in [1.82, 2.24) is 9.80 Å². The summed E-state index contributed by atoms with van der Waals surface area (Å²) < 4.78 is 0. The average Bonchev–Trinajstić information content (AvgIpc) is 2.94. The molecule has 0 spiro atoms. The fourth-order valence-corrected chi connectivity index (χ4v) is 4.53. The lowest BCUT2D eigenvalue weighted by atomic mass is 9.77. The molecule has 1 saturated carbocycles. The second-order valence-corrected chi connectivity index (χ2v) is 7.92. The van der Waals surface area contributed by atoms with Gasteiger partial charge in [-0.3, -0.25) is 14.5 Å². The Bertz CT molecular complexity index is 422. The van der Waals surface area contributed by atoms with Crippen molar-refractivity contribution in [3.63, 3.8) is 0 Å². The Labute approximate surface area is 140 Å². The van der Waals surface area contributed by atoms with Crippen LogP contribution in [0.25, 0.3) is 0 Å². The summed E-state index contributed by atoms with van der Waals surface area (Å²) in [5.41, 5.74) is -0.117. The van der Waals surface area contributed by atoms with Gasteiger partial charge >= 0.3 is 5.97 Å². The summed E-state index contributed by atoms with van der Waals surface area (Å²) in [5.74, 6) is 0.132. The number of carboxylic acids is 1. The molecule has 5 nitrogen and oxygen atoms in total. The van der Waals surface area contributed by atoms with E-state index in [-0.39, 0.29) is 18.0 Å². The molecule has 5 heteroatoms. The van der Waals surface area contributed by atoms with Crippen molar-refractivity contribution in [3.05, 3.63) is 0 Å². The van der Waals surface area contributed by atoms with Crippen LogP contribution in [0.2, 0.25) is 0 Å². The zero-order valence-corrected chi connectivity index (χ0v) is 14.9. The maximum absolute atomic E-state index is 13.1. The Balaban J connectivity index is 1.93. The van der Waals surface area contributed by atoms with Crippen LogP contribution in [0.3, 0.4) is 0 Å². The summed E-state index contributed by atoms with van der Waals surface area (Å²) in [6.45, 7) is 6.04. The minimum Gasteiger partial charge on any atom is -0.480 e. The predicted octanol–water partition coefficient (Wildman–Crippen LogP) is 2.60. The first-order valence-electron chi connectivity index (χ1n) is 9.05. The first-order valence-corrected chi connectivity index (χ1v) is 9.05. The molecule has 0 atom stereocenters. The quantitative estimate of drug-likeness (QED) is 0.816. The van der Waals surface area contributed by atoms with Gasteiger partial charge in [-0.15, -0.1) is 0 Å². The van der Waals surface area contributed by atoms with Gasteiger partial charge < -0.3 is 10.0 Å². The van der Waals surface area contributed by atoms with Gasteiger partial charge in [-0.05, 0) is 45.1 Å². The van der Waals surface area contributed by atoms with Crippen LogP contribution < -0.4 is 0 Å². The fourth-order valence-electron chi connectivity index (χ4n) is 4.53. The monoisotopic (exact) mass is 324 g/mol. The van der Waals surface area contributed by atoms with Crippen molar-refractivity contribution in [1.29, 1.82) is 0 Å². The van der Waals surface area contributed by atoms with Crippen LogP contribution >= 0.6 is 0 Å². The van der Waals surface area contributed by atoms with E-state index in [0.717, 1.165) is 45.2 Å². The van der Waals surface area contributed by atoms with Crippen LogP contribution in [-0.2, 0) is 9.59 Å². The molecule has 132 valence electrons. The minimum absolute atomic E-state index is 0.0793. The van der Waals surface area contributed by atoms with E-state index >= 15 is 0 Å². The molecular formula is C18H32N2O3. The molecule has 1 N–H and O–H groups in total. The number of aliphatic carboxylic acids is 1. The summed E-state index contributed by atoms with van der Waals surface area (Å²) in [6, 6.07) is 0.278. The molecule has 23 heavy (non-hydrogen) atoms. The SMILES string of the molecule is CC(C)CC1(C(=O)N2CCC(N(C)CC(=O)O)CC2)CCCC1. The number of hydrogen-bond acceptors (Lipinski definition) is 3. The molecule has 0 aromatic carbocycles. The Morgan fingerprint density at radius 1 is 1.22 bits per heavy atom. The maximum Gasteiger partial charge on any atom is 0.317 e. The molecule has 2 aliphatic rings. The third kappa shape index (κ3) is 4.46. The normalized spacial score (nSPS) is 22.0. The largest absolute Gasteiger partial charge is 0.480 e. The summed E-state index contributed by atoms with van der Waals surface area (Å²) >= 11 is 0. The van der Waals surface area contributed by atoms with Gasteiger partial charge in [-0.25, -0.2) is 0 Å². The lowest BCUT2D eigenvalue weighted by molar-refractivity contribution is -0.145. The molecule has 0 aromatic rings. The highest BCUT2D eigenvalue weighted by atomic mass is 16.4. The third-order valence-corrected chi connectivity index (χ3v) is 5.57. The highest BCUT2D eigenvalue weighted by molar-refractivity contribution is 5.83. The van der Waals surface area contributed by atoms with Crippen LogP contribution in [-0.4, -0.2) is 59.5 Å². The molecule has 0 radical (unpaired) electrons. The Kier molecular flexibility index (Phi) is 6.06. The van der Waals surface area contributed by atoms with Gasteiger partial charge in [0.1, 0.15) is 0 Å². The van der Waals surface area contributed by atoms with E-state index in [1.54, 1.807) is 0 Å². The van der Waals surface area contributed by atoms with E-state index in [1.165, 1.54) is 12.8 Å². The third-order valence-electron chi connectivity index (χ3n) is 5.57. The number of amides is 1. The number of carbonyl (C=O) groups excluding carboxylic acids is 1. The van der Waals surface area contributed by atoms with Gasteiger partial charge in [0, 0.05) is 24.5 Å². The summed E-state index contributed by atoms with van der Waals surface area (Å²) in [4.78, 5) is 27.9. The zero-order chi connectivity index (χ0) is 17.0. The van der Waals surface area contributed by atoms with Crippen molar-refractivity contribution in [3.8, 4) is 0 Å². The van der Waals surface area contributed by atoms with E-state index < -0.39 is 5.97 Å². The van der Waals surface area contributed by atoms with E-state index in [4.69, 9.17) is 5.11 Å². The standard InChI is InChI=1S/C18H32N2O3/c1-14(2)12-18(8-4-5-9-18)17(23)20-10-6-15(7-11-20)19(3)13-16(21)22/h14-15H,4-13H2,1-3H3,(H,21,22). The fraction of sp³-hybridized carbons (Fsp3) is 0.889. The molecule has 2 fully saturated rings. The zero-order valence-electron chi connectivity index (χ0n) is 14.9. The minimum atomic E-state index is -0.784. The predicted molar refractivity (Wildman–Crippen MR) is 90.2 cm³/mol. The first-order chi connectivity index (χ1) is 10.8. The van der Waals surface area contributed by atoms with Crippen molar-refractivity contribution in [2.75, 3.05) is 26.7 Å². The highest BCUT2D eigenvalue weighted by Gasteiger charge is 2.44. The highest BCUT2D eigenvalue weighted by Crippen LogP contribution is 2.45. The van der Waals surface area contributed by atoms with Crippen LogP contribution in [0.1, 0.15) is 58.8 Å². The summed E-state index contributed by atoms with van der Waals surface area (Å²) in [7, 11) is 1.87. The second-order valence-electron chi connectivity index (χ2n) is 7.92. The van der Waals surface area contributed by atoms with Crippen molar-refractivity contribution in [2.45, 2.75) is 64.8 Å². The topological polar surface area (TPSA) is 60.9 Å². The molecule has 1 saturated heterocycles. The molecular weight excluding hydrogens is 292 g/mol. The number of piperidine rings is 1. The average molecular weight is 324 g/mol. The van der Waals surface area contributed by atoms with E-state index in [9.17, 15) is 9.59 Å². The van der Waals surface area contributed by atoms with Crippen molar-refractivity contribution < 1.29 is 14.7 Å². The number of nitrogens with zero attached hydrogens (tertiary/aromatic N) is 2. The number of carbonyl (C=O) groups is 2. The molecule has 0 aromatic heterocycles. The molecule has 1 aliphatic heterocycles. The molecule has 1 heterocycles. The van der Waals surface area contributed by atoms with Crippen LogP contribution in [0.4, 0.5) is 0 Å².